The number of aryl methyl sites for hydroxylation is 2. The summed E-state index contributed by atoms with van der Waals surface area (Å²) in [7, 11) is 0. The van der Waals surface area contributed by atoms with Crippen LogP contribution in [-0.2, 0) is 12.6 Å². The monoisotopic (exact) mass is 464 g/mol. The second-order valence-corrected chi connectivity index (χ2v) is 7.86. The van der Waals surface area contributed by atoms with Crippen molar-refractivity contribution in [3.63, 3.8) is 0 Å². The summed E-state index contributed by atoms with van der Waals surface area (Å²) >= 11 is 11.5. The summed E-state index contributed by atoms with van der Waals surface area (Å²) in [6, 6.07) is 12.4. The van der Waals surface area contributed by atoms with Gasteiger partial charge in [0.15, 0.2) is 5.75 Å². The third-order valence-electron chi connectivity index (χ3n) is 4.65. The van der Waals surface area contributed by atoms with Crippen molar-refractivity contribution in [2.45, 2.75) is 26.4 Å². The number of benzene rings is 2. The molecule has 3 aromatic rings. The van der Waals surface area contributed by atoms with Crippen LogP contribution in [-0.4, -0.2) is 16.5 Å². The van der Waals surface area contributed by atoms with E-state index in [1.165, 1.54) is 41.1 Å². The van der Waals surface area contributed by atoms with Gasteiger partial charge in [-0.3, -0.25) is 0 Å². The number of pyridine rings is 1. The number of hydrogen-bond donors (Lipinski definition) is 1. The predicted molar refractivity (Wildman–Crippen MR) is 120 cm³/mol. The van der Waals surface area contributed by atoms with Crippen LogP contribution in [0.4, 0.5) is 13.2 Å². The molecule has 0 aliphatic carbocycles. The first-order chi connectivity index (χ1) is 14.6. The molecule has 0 bridgehead atoms. The fourth-order valence-corrected chi connectivity index (χ4v) is 3.49. The van der Waals surface area contributed by atoms with E-state index in [1.807, 2.05) is 6.92 Å². The molecule has 162 valence electrons. The minimum absolute atomic E-state index is 0.0262. The van der Waals surface area contributed by atoms with Crippen molar-refractivity contribution in [2.24, 2.45) is 0 Å². The van der Waals surface area contributed by atoms with E-state index < -0.39 is 11.7 Å². The van der Waals surface area contributed by atoms with Crippen molar-refractivity contribution in [3.05, 3.63) is 87.7 Å². The Morgan fingerprint density at radius 3 is 2.61 bits per heavy atom. The molecule has 1 aromatic heterocycles. The minimum atomic E-state index is -4.47. The van der Waals surface area contributed by atoms with E-state index in [1.54, 1.807) is 0 Å². The zero-order valence-electron chi connectivity index (χ0n) is 16.9. The first kappa shape index (κ1) is 23.0. The molecule has 3 rings (SSSR count). The summed E-state index contributed by atoms with van der Waals surface area (Å²) in [5, 5.41) is 3.36. The lowest BCUT2D eigenvalue weighted by Gasteiger charge is -2.15. The molecule has 0 aliphatic rings. The van der Waals surface area contributed by atoms with Gasteiger partial charge in [-0.15, -0.1) is 0 Å². The standard InChI is InChI=1S/C23H20ClF3N2OS/c1-14-6-7-16(15(2)10-14)8-9-28-22(31)19-12-21(24)29-13-20(19)30-18-5-3-4-17(11-18)23(25,26)27/h3-7,10-13H,8-9H2,1-2H3,(H,28,31). The highest BCUT2D eigenvalue weighted by atomic mass is 35.5. The second kappa shape index (κ2) is 9.66. The molecule has 0 radical (unpaired) electrons. The first-order valence-corrected chi connectivity index (χ1v) is 10.3. The van der Waals surface area contributed by atoms with E-state index in [0.29, 0.717) is 17.1 Å². The molecular weight excluding hydrogens is 445 g/mol. The van der Waals surface area contributed by atoms with Gasteiger partial charge in [-0.25, -0.2) is 4.98 Å². The average Bonchev–Trinajstić information content (AvgIpc) is 2.70. The van der Waals surface area contributed by atoms with Crippen LogP contribution < -0.4 is 10.1 Å². The van der Waals surface area contributed by atoms with E-state index >= 15 is 0 Å². The molecule has 0 atom stereocenters. The van der Waals surface area contributed by atoms with Gasteiger partial charge in [-0.1, -0.05) is 53.6 Å². The van der Waals surface area contributed by atoms with Crippen LogP contribution in [0.15, 0.2) is 54.7 Å². The Morgan fingerprint density at radius 2 is 1.90 bits per heavy atom. The zero-order valence-corrected chi connectivity index (χ0v) is 18.5. The molecular formula is C23H20ClF3N2OS. The Hall–Kier alpha value is -2.64. The molecule has 0 fully saturated rings. The van der Waals surface area contributed by atoms with Crippen LogP contribution >= 0.6 is 23.8 Å². The Kier molecular flexibility index (Phi) is 7.18. The van der Waals surface area contributed by atoms with Crippen molar-refractivity contribution in [2.75, 3.05) is 6.54 Å². The highest BCUT2D eigenvalue weighted by Crippen LogP contribution is 2.33. The third kappa shape index (κ3) is 6.18. The topological polar surface area (TPSA) is 34.2 Å². The number of nitrogens with one attached hydrogen (secondary N) is 1. The largest absolute Gasteiger partial charge is 0.455 e. The second-order valence-electron chi connectivity index (χ2n) is 7.07. The SMILES string of the molecule is Cc1ccc(CCNC(=S)c2cc(Cl)ncc2Oc2cccc(C(F)(F)F)c2)c(C)c1. The number of halogens is 4. The van der Waals surface area contributed by atoms with Crippen molar-refractivity contribution >= 4 is 28.8 Å². The fraction of sp³-hybridized carbons (Fsp3) is 0.217. The van der Waals surface area contributed by atoms with Gasteiger partial charge in [0, 0.05) is 6.54 Å². The number of nitrogens with zero attached hydrogens (tertiary/aromatic N) is 1. The van der Waals surface area contributed by atoms with Gasteiger partial charge < -0.3 is 10.1 Å². The van der Waals surface area contributed by atoms with Crippen LogP contribution in [0.3, 0.4) is 0 Å². The quantitative estimate of drug-likeness (QED) is 0.326. The van der Waals surface area contributed by atoms with Crippen molar-refractivity contribution in [1.82, 2.24) is 10.3 Å². The van der Waals surface area contributed by atoms with E-state index in [-0.39, 0.29) is 16.7 Å². The smallest absolute Gasteiger partial charge is 0.416 e. The third-order valence-corrected chi connectivity index (χ3v) is 5.22. The first-order valence-electron chi connectivity index (χ1n) is 9.48. The Labute approximate surface area is 189 Å². The Bertz CT molecular complexity index is 1100. The maximum absolute atomic E-state index is 13.0. The number of rotatable bonds is 6. The molecule has 1 heterocycles. The number of aromatic nitrogens is 1. The lowest BCUT2D eigenvalue weighted by atomic mass is 10.0. The van der Waals surface area contributed by atoms with Gasteiger partial charge >= 0.3 is 6.18 Å². The lowest BCUT2D eigenvalue weighted by Crippen LogP contribution is -2.25. The van der Waals surface area contributed by atoms with E-state index in [9.17, 15) is 13.2 Å². The molecule has 31 heavy (non-hydrogen) atoms. The number of ether oxygens (including phenoxy) is 1. The van der Waals surface area contributed by atoms with Crippen LogP contribution in [0, 0.1) is 13.8 Å². The van der Waals surface area contributed by atoms with Gasteiger partial charge in [0.2, 0.25) is 0 Å². The molecule has 0 unspecified atom stereocenters. The van der Waals surface area contributed by atoms with Gasteiger partial charge in [0.25, 0.3) is 0 Å². The van der Waals surface area contributed by atoms with E-state index in [2.05, 4.69) is 35.4 Å². The van der Waals surface area contributed by atoms with E-state index in [0.717, 1.165) is 18.6 Å². The Balaban J connectivity index is 1.74. The van der Waals surface area contributed by atoms with Gasteiger partial charge in [0.05, 0.1) is 17.3 Å². The predicted octanol–water partition coefficient (Wildman–Crippen LogP) is 6.67. The summed E-state index contributed by atoms with van der Waals surface area (Å²) < 4.78 is 44.6. The normalized spacial score (nSPS) is 11.3. The van der Waals surface area contributed by atoms with E-state index in [4.69, 9.17) is 28.6 Å². The van der Waals surface area contributed by atoms with Crippen LogP contribution in [0.2, 0.25) is 5.15 Å². The summed E-state index contributed by atoms with van der Waals surface area (Å²) in [5.41, 5.74) is 3.26. The van der Waals surface area contributed by atoms with Crippen LogP contribution in [0.25, 0.3) is 0 Å². The summed E-state index contributed by atoms with van der Waals surface area (Å²) in [5.74, 6) is 0.242. The van der Waals surface area contributed by atoms with Gasteiger partial charge in [-0.05, 0) is 55.7 Å². The fourth-order valence-electron chi connectivity index (χ4n) is 3.07. The number of hydrogen-bond acceptors (Lipinski definition) is 3. The summed E-state index contributed by atoms with van der Waals surface area (Å²) in [4.78, 5) is 4.34. The van der Waals surface area contributed by atoms with Crippen molar-refractivity contribution in [3.8, 4) is 11.5 Å². The van der Waals surface area contributed by atoms with Crippen molar-refractivity contribution < 1.29 is 17.9 Å². The van der Waals surface area contributed by atoms with Gasteiger partial charge in [0.1, 0.15) is 15.9 Å². The molecule has 0 amide bonds. The summed E-state index contributed by atoms with van der Waals surface area (Å²) in [6.07, 6.45) is -2.36. The van der Waals surface area contributed by atoms with Crippen LogP contribution in [0.5, 0.6) is 11.5 Å². The molecule has 1 N–H and O–H groups in total. The number of alkyl halides is 3. The molecule has 3 nitrogen and oxygen atoms in total. The molecule has 2 aromatic carbocycles. The molecule has 0 saturated heterocycles. The molecule has 0 spiro atoms. The molecule has 0 saturated carbocycles. The Morgan fingerprint density at radius 1 is 1.13 bits per heavy atom. The number of thiocarbonyl (C=S) groups is 1. The van der Waals surface area contributed by atoms with Gasteiger partial charge in [-0.2, -0.15) is 13.2 Å². The lowest BCUT2D eigenvalue weighted by molar-refractivity contribution is -0.137. The van der Waals surface area contributed by atoms with Crippen molar-refractivity contribution in [1.29, 1.82) is 0 Å². The zero-order chi connectivity index (χ0) is 22.6. The molecule has 8 heteroatoms. The highest BCUT2D eigenvalue weighted by Gasteiger charge is 2.30. The van der Waals surface area contributed by atoms with Crippen LogP contribution in [0.1, 0.15) is 27.8 Å². The minimum Gasteiger partial charge on any atom is -0.455 e. The highest BCUT2D eigenvalue weighted by molar-refractivity contribution is 7.80. The maximum Gasteiger partial charge on any atom is 0.416 e. The summed E-state index contributed by atoms with van der Waals surface area (Å²) in [6.45, 7) is 4.68. The maximum atomic E-state index is 13.0. The molecule has 0 aliphatic heterocycles. The average molecular weight is 465 g/mol.